The lowest BCUT2D eigenvalue weighted by molar-refractivity contribution is 0.0702. The third kappa shape index (κ3) is 4.11. The van der Waals surface area contributed by atoms with E-state index in [4.69, 9.17) is 5.73 Å². The molecule has 154 valence electrons. The number of carbonyl (C=O) groups excluding carboxylic acids is 2. The molecule has 30 heavy (non-hydrogen) atoms. The first kappa shape index (κ1) is 21.3. The van der Waals surface area contributed by atoms with Crippen molar-refractivity contribution in [3.8, 4) is 10.4 Å². The van der Waals surface area contributed by atoms with E-state index in [-0.39, 0.29) is 22.0 Å². The number of aryl methyl sites for hydroxylation is 1. The van der Waals surface area contributed by atoms with Crippen LogP contribution in [0.5, 0.6) is 0 Å². The van der Waals surface area contributed by atoms with Gasteiger partial charge in [0, 0.05) is 10.9 Å². The molecule has 0 atom stereocenters. The van der Waals surface area contributed by atoms with Crippen LogP contribution in [-0.2, 0) is 0 Å². The molecule has 0 fully saturated rings. The van der Waals surface area contributed by atoms with Crippen LogP contribution < -0.4 is 10.6 Å². The zero-order chi connectivity index (χ0) is 22.0. The molecular weight excluding hydrogens is 400 g/mol. The maximum Gasteiger partial charge on any atom is 0.348 e. The van der Waals surface area contributed by atoms with E-state index in [1.807, 2.05) is 30.3 Å². The average molecular weight is 423 g/mol. The lowest BCUT2D eigenvalue weighted by Gasteiger charge is -2.27. The Hall–Kier alpha value is -3.45. The van der Waals surface area contributed by atoms with Crippen LogP contribution in [0.3, 0.4) is 0 Å². The fourth-order valence-electron chi connectivity index (χ4n) is 3.26. The normalized spacial score (nSPS) is 10.8. The number of primary amides is 1. The SMILES string of the molecule is Cc1ccc(C(=O)N(c2cc(-c3ccccc3)sc2C(=O)O)C(C)C)c(C(N)=O)c1. The predicted molar refractivity (Wildman–Crippen MR) is 118 cm³/mol. The molecule has 0 aliphatic rings. The van der Waals surface area contributed by atoms with Gasteiger partial charge < -0.3 is 15.7 Å². The van der Waals surface area contributed by atoms with Crippen molar-refractivity contribution in [1.29, 1.82) is 0 Å². The fourth-order valence-corrected chi connectivity index (χ4v) is 4.25. The van der Waals surface area contributed by atoms with Gasteiger partial charge in [-0.1, -0.05) is 42.0 Å². The van der Waals surface area contributed by atoms with Crippen LogP contribution in [-0.4, -0.2) is 28.9 Å². The van der Waals surface area contributed by atoms with Crippen LogP contribution in [0.1, 0.15) is 49.8 Å². The maximum absolute atomic E-state index is 13.5. The molecule has 0 saturated carbocycles. The minimum atomic E-state index is -1.12. The van der Waals surface area contributed by atoms with Gasteiger partial charge in [-0.2, -0.15) is 0 Å². The predicted octanol–water partition coefficient (Wildman–Crippen LogP) is 4.58. The van der Waals surface area contributed by atoms with E-state index in [1.165, 1.54) is 4.90 Å². The molecule has 3 aromatic rings. The quantitative estimate of drug-likeness (QED) is 0.607. The fraction of sp³-hybridized carbons (Fsp3) is 0.174. The highest BCUT2D eigenvalue weighted by Crippen LogP contribution is 2.38. The molecule has 3 N–H and O–H groups in total. The number of hydrogen-bond donors (Lipinski definition) is 2. The number of thiophene rings is 1. The highest BCUT2D eigenvalue weighted by molar-refractivity contribution is 7.18. The van der Waals surface area contributed by atoms with Crippen LogP contribution in [0, 0.1) is 6.92 Å². The van der Waals surface area contributed by atoms with Crippen LogP contribution in [0.15, 0.2) is 54.6 Å². The molecule has 0 aliphatic heterocycles. The number of hydrogen-bond acceptors (Lipinski definition) is 4. The third-order valence-corrected chi connectivity index (χ3v) is 5.79. The summed E-state index contributed by atoms with van der Waals surface area (Å²) in [6, 6.07) is 15.6. The summed E-state index contributed by atoms with van der Waals surface area (Å²) in [5, 5.41) is 9.79. The number of aromatic carboxylic acids is 1. The Morgan fingerprint density at radius 1 is 1.00 bits per heavy atom. The van der Waals surface area contributed by atoms with Crippen molar-refractivity contribution in [1.82, 2.24) is 0 Å². The first-order valence-electron chi connectivity index (χ1n) is 9.37. The highest BCUT2D eigenvalue weighted by Gasteiger charge is 2.30. The summed E-state index contributed by atoms with van der Waals surface area (Å²) in [5.41, 5.74) is 7.70. The van der Waals surface area contributed by atoms with Gasteiger partial charge in [-0.15, -0.1) is 11.3 Å². The number of carbonyl (C=O) groups is 3. The van der Waals surface area contributed by atoms with Crippen molar-refractivity contribution in [2.45, 2.75) is 26.8 Å². The Balaban J connectivity index is 2.16. The van der Waals surface area contributed by atoms with E-state index in [1.54, 1.807) is 45.0 Å². The Morgan fingerprint density at radius 2 is 1.67 bits per heavy atom. The molecule has 2 aromatic carbocycles. The van der Waals surface area contributed by atoms with E-state index in [9.17, 15) is 19.5 Å². The van der Waals surface area contributed by atoms with Crippen molar-refractivity contribution in [2.24, 2.45) is 5.73 Å². The number of carboxylic acid groups (broad SMARTS) is 1. The standard InChI is InChI=1S/C23H22N2O4S/c1-13(2)25(22(27)16-10-9-14(3)11-17(16)21(24)26)18-12-19(30-20(18)23(28)29)15-7-5-4-6-8-15/h4-13H,1-3H3,(H2,24,26)(H,28,29). The summed E-state index contributed by atoms with van der Waals surface area (Å²) < 4.78 is 0. The zero-order valence-corrected chi connectivity index (χ0v) is 17.7. The topological polar surface area (TPSA) is 101 Å². The average Bonchev–Trinajstić information content (AvgIpc) is 3.13. The second-order valence-corrected chi connectivity index (χ2v) is 8.23. The van der Waals surface area contributed by atoms with E-state index < -0.39 is 17.8 Å². The van der Waals surface area contributed by atoms with Crippen molar-refractivity contribution >= 4 is 34.8 Å². The summed E-state index contributed by atoms with van der Waals surface area (Å²) in [6.07, 6.45) is 0. The maximum atomic E-state index is 13.5. The van der Waals surface area contributed by atoms with Gasteiger partial charge in [0.1, 0.15) is 4.88 Å². The molecule has 6 nitrogen and oxygen atoms in total. The molecule has 0 aliphatic carbocycles. The third-order valence-electron chi connectivity index (χ3n) is 4.63. The van der Waals surface area contributed by atoms with Gasteiger partial charge in [-0.05, 0) is 44.5 Å². The second kappa shape index (κ2) is 8.51. The number of nitrogens with zero attached hydrogens (tertiary/aromatic N) is 1. The highest BCUT2D eigenvalue weighted by atomic mass is 32.1. The summed E-state index contributed by atoms with van der Waals surface area (Å²) in [6.45, 7) is 5.39. The van der Waals surface area contributed by atoms with Crippen molar-refractivity contribution in [3.05, 3.63) is 76.2 Å². The lowest BCUT2D eigenvalue weighted by atomic mass is 10.0. The molecule has 2 amide bonds. The van der Waals surface area contributed by atoms with Gasteiger partial charge in [0.05, 0.1) is 16.8 Å². The molecule has 0 unspecified atom stereocenters. The Labute approximate surface area is 178 Å². The minimum absolute atomic E-state index is 0.0589. The van der Waals surface area contributed by atoms with Crippen LogP contribution >= 0.6 is 11.3 Å². The van der Waals surface area contributed by atoms with E-state index >= 15 is 0 Å². The Bertz CT molecular complexity index is 1120. The van der Waals surface area contributed by atoms with Crippen LogP contribution in [0.25, 0.3) is 10.4 Å². The monoisotopic (exact) mass is 422 g/mol. The van der Waals surface area contributed by atoms with Gasteiger partial charge in [-0.25, -0.2) is 4.79 Å². The van der Waals surface area contributed by atoms with E-state index in [2.05, 4.69) is 0 Å². The molecular formula is C23H22N2O4S. The summed E-state index contributed by atoms with van der Waals surface area (Å²) in [5.74, 6) is -2.30. The Kier molecular flexibility index (Phi) is 6.03. The largest absolute Gasteiger partial charge is 0.477 e. The van der Waals surface area contributed by atoms with E-state index in [0.717, 1.165) is 27.3 Å². The number of rotatable bonds is 6. The summed E-state index contributed by atoms with van der Waals surface area (Å²) >= 11 is 1.11. The minimum Gasteiger partial charge on any atom is -0.477 e. The Morgan fingerprint density at radius 3 is 2.23 bits per heavy atom. The second-order valence-electron chi connectivity index (χ2n) is 7.18. The number of nitrogens with two attached hydrogens (primary N) is 1. The number of anilines is 1. The van der Waals surface area contributed by atoms with Crippen molar-refractivity contribution in [3.63, 3.8) is 0 Å². The molecule has 0 bridgehead atoms. The van der Waals surface area contributed by atoms with Gasteiger partial charge in [0.15, 0.2) is 0 Å². The molecule has 1 heterocycles. The number of amides is 2. The molecule has 7 heteroatoms. The zero-order valence-electron chi connectivity index (χ0n) is 16.9. The van der Waals surface area contributed by atoms with Gasteiger partial charge in [-0.3, -0.25) is 9.59 Å². The molecule has 0 radical (unpaired) electrons. The molecule has 0 saturated heterocycles. The first-order chi connectivity index (χ1) is 14.2. The summed E-state index contributed by atoms with van der Waals surface area (Å²) in [7, 11) is 0. The van der Waals surface area contributed by atoms with Crippen LogP contribution in [0.4, 0.5) is 5.69 Å². The van der Waals surface area contributed by atoms with Gasteiger partial charge in [0.2, 0.25) is 5.91 Å². The lowest BCUT2D eigenvalue weighted by Crippen LogP contribution is -2.38. The molecule has 1 aromatic heterocycles. The van der Waals surface area contributed by atoms with E-state index in [0.29, 0.717) is 5.69 Å². The van der Waals surface area contributed by atoms with Gasteiger partial charge in [0.25, 0.3) is 5.91 Å². The summed E-state index contributed by atoms with van der Waals surface area (Å²) in [4.78, 5) is 39.6. The molecule has 0 spiro atoms. The number of benzene rings is 2. The van der Waals surface area contributed by atoms with Crippen molar-refractivity contribution in [2.75, 3.05) is 4.90 Å². The smallest absolute Gasteiger partial charge is 0.348 e. The van der Waals surface area contributed by atoms with Crippen LogP contribution in [0.2, 0.25) is 0 Å². The number of carboxylic acids is 1. The van der Waals surface area contributed by atoms with Crippen molar-refractivity contribution < 1.29 is 19.5 Å². The molecule has 3 rings (SSSR count). The van der Waals surface area contributed by atoms with Gasteiger partial charge >= 0.3 is 5.97 Å². The first-order valence-corrected chi connectivity index (χ1v) is 10.2.